The van der Waals surface area contributed by atoms with E-state index in [2.05, 4.69) is 14.5 Å². The zero-order chi connectivity index (χ0) is 16.9. The molecule has 0 saturated heterocycles. The SMILES string of the molecule is CN(C)N=Nc1ccc(Sc2ccc(OS(=O)(=O)O)cc2)cc1. The number of rotatable bonds is 6. The lowest BCUT2D eigenvalue weighted by Crippen LogP contribution is -2.06. The fraction of sp³-hybridized carbons (Fsp3) is 0.143. The molecule has 2 aromatic carbocycles. The Morgan fingerprint density at radius 3 is 2.00 bits per heavy atom. The predicted octanol–water partition coefficient (Wildman–Crippen LogP) is 3.58. The van der Waals surface area contributed by atoms with Gasteiger partial charge in [-0.1, -0.05) is 17.0 Å². The minimum absolute atomic E-state index is 0.0521. The van der Waals surface area contributed by atoms with Crippen molar-refractivity contribution in [1.29, 1.82) is 0 Å². The van der Waals surface area contributed by atoms with E-state index in [1.807, 2.05) is 24.3 Å². The van der Waals surface area contributed by atoms with Gasteiger partial charge < -0.3 is 4.18 Å². The zero-order valence-electron chi connectivity index (χ0n) is 12.4. The number of benzene rings is 2. The quantitative estimate of drug-likeness (QED) is 0.485. The second-order valence-electron chi connectivity index (χ2n) is 4.62. The van der Waals surface area contributed by atoms with Gasteiger partial charge in [0.15, 0.2) is 0 Å². The molecule has 0 aliphatic rings. The van der Waals surface area contributed by atoms with E-state index >= 15 is 0 Å². The summed E-state index contributed by atoms with van der Waals surface area (Å²) in [7, 11) is -0.905. The van der Waals surface area contributed by atoms with Gasteiger partial charge in [-0.3, -0.25) is 9.56 Å². The van der Waals surface area contributed by atoms with Gasteiger partial charge in [0.2, 0.25) is 0 Å². The summed E-state index contributed by atoms with van der Waals surface area (Å²) < 4.78 is 34.2. The van der Waals surface area contributed by atoms with Crippen molar-refractivity contribution in [2.24, 2.45) is 10.3 Å². The smallest absolute Gasteiger partial charge is 0.362 e. The Kier molecular flexibility index (Phi) is 5.59. The maximum absolute atomic E-state index is 10.6. The first-order chi connectivity index (χ1) is 10.8. The Hall–Kier alpha value is -2.10. The lowest BCUT2D eigenvalue weighted by Gasteiger charge is -2.05. The average Bonchev–Trinajstić information content (AvgIpc) is 2.47. The van der Waals surface area contributed by atoms with E-state index in [-0.39, 0.29) is 5.75 Å². The highest BCUT2D eigenvalue weighted by Crippen LogP contribution is 2.30. The van der Waals surface area contributed by atoms with Crippen molar-refractivity contribution in [3.05, 3.63) is 48.5 Å². The minimum atomic E-state index is -4.49. The summed E-state index contributed by atoms with van der Waals surface area (Å²) in [4.78, 5) is 1.90. The third-order valence-corrected chi connectivity index (χ3v) is 3.86. The van der Waals surface area contributed by atoms with Crippen LogP contribution in [0.1, 0.15) is 0 Å². The normalized spacial score (nSPS) is 11.6. The number of hydrogen-bond acceptors (Lipinski definition) is 6. The standard InChI is InChI=1S/C14H15N3O4S2/c1-17(2)16-15-11-3-7-13(8-4-11)22-14-9-5-12(6-10-14)21-23(18,19)20/h3-10H,1-2H3,(H,18,19,20). The van der Waals surface area contributed by atoms with Crippen LogP contribution in [0, 0.1) is 0 Å². The molecule has 0 atom stereocenters. The van der Waals surface area contributed by atoms with Crippen molar-refractivity contribution in [2.45, 2.75) is 9.79 Å². The van der Waals surface area contributed by atoms with Gasteiger partial charge >= 0.3 is 10.4 Å². The Morgan fingerprint density at radius 2 is 1.52 bits per heavy atom. The second-order valence-corrected chi connectivity index (χ2v) is 6.78. The first-order valence-electron chi connectivity index (χ1n) is 6.46. The topological polar surface area (TPSA) is 91.6 Å². The van der Waals surface area contributed by atoms with Crippen LogP contribution in [0.4, 0.5) is 5.69 Å². The van der Waals surface area contributed by atoms with Crippen molar-refractivity contribution in [3.63, 3.8) is 0 Å². The molecule has 0 unspecified atom stereocenters. The molecule has 0 aliphatic carbocycles. The lowest BCUT2D eigenvalue weighted by molar-refractivity contribution is 0.386. The van der Waals surface area contributed by atoms with Crippen LogP contribution in [0.5, 0.6) is 5.75 Å². The molecule has 0 spiro atoms. The van der Waals surface area contributed by atoms with Crippen LogP contribution in [0.25, 0.3) is 0 Å². The molecule has 122 valence electrons. The van der Waals surface area contributed by atoms with Crippen molar-refractivity contribution in [1.82, 2.24) is 5.01 Å². The first kappa shape index (κ1) is 17.3. The number of nitrogens with zero attached hydrogens (tertiary/aromatic N) is 3. The fourth-order valence-corrected chi connectivity index (χ4v) is 2.71. The third kappa shape index (κ3) is 6.27. The molecule has 0 aromatic heterocycles. The van der Waals surface area contributed by atoms with E-state index in [9.17, 15) is 8.42 Å². The van der Waals surface area contributed by atoms with E-state index in [0.29, 0.717) is 0 Å². The molecule has 0 saturated carbocycles. The van der Waals surface area contributed by atoms with Crippen LogP contribution in [0.3, 0.4) is 0 Å². The summed E-state index contributed by atoms with van der Waals surface area (Å²) in [5.41, 5.74) is 0.750. The highest BCUT2D eigenvalue weighted by molar-refractivity contribution is 7.99. The van der Waals surface area contributed by atoms with Crippen LogP contribution in [0.2, 0.25) is 0 Å². The van der Waals surface area contributed by atoms with Crippen LogP contribution in [-0.4, -0.2) is 32.1 Å². The van der Waals surface area contributed by atoms with E-state index < -0.39 is 10.4 Å². The van der Waals surface area contributed by atoms with Crippen molar-refractivity contribution < 1.29 is 17.2 Å². The van der Waals surface area contributed by atoms with Gasteiger partial charge in [0.25, 0.3) is 0 Å². The minimum Gasteiger partial charge on any atom is -0.362 e. The van der Waals surface area contributed by atoms with Crippen LogP contribution in [-0.2, 0) is 10.4 Å². The second kappa shape index (κ2) is 7.44. The van der Waals surface area contributed by atoms with Crippen molar-refractivity contribution >= 4 is 27.8 Å². The van der Waals surface area contributed by atoms with Gasteiger partial charge in [-0.25, -0.2) is 0 Å². The van der Waals surface area contributed by atoms with E-state index in [1.54, 1.807) is 31.2 Å². The summed E-state index contributed by atoms with van der Waals surface area (Å²) in [6.07, 6.45) is 0. The van der Waals surface area contributed by atoms with Gasteiger partial charge in [0, 0.05) is 23.9 Å². The van der Waals surface area contributed by atoms with Gasteiger partial charge in [-0.2, -0.15) is 8.42 Å². The summed E-state index contributed by atoms with van der Waals surface area (Å²) >= 11 is 1.50. The van der Waals surface area contributed by atoms with Gasteiger partial charge in [0.1, 0.15) is 5.75 Å². The fourth-order valence-electron chi connectivity index (χ4n) is 1.54. The Balaban J connectivity index is 2.02. The summed E-state index contributed by atoms with van der Waals surface area (Å²) in [5.74, 6) is 0.0521. The van der Waals surface area contributed by atoms with Crippen LogP contribution >= 0.6 is 11.8 Å². The summed E-state index contributed by atoms with van der Waals surface area (Å²) in [6, 6.07) is 13.9. The van der Waals surface area contributed by atoms with Crippen molar-refractivity contribution in [3.8, 4) is 5.75 Å². The molecule has 7 nitrogen and oxygen atoms in total. The molecule has 0 fully saturated rings. The van der Waals surface area contributed by atoms with Gasteiger partial charge in [-0.15, -0.1) is 5.11 Å². The van der Waals surface area contributed by atoms with Gasteiger partial charge in [-0.05, 0) is 48.5 Å². The molecule has 23 heavy (non-hydrogen) atoms. The lowest BCUT2D eigenvalue weighted by atomic mass is 10.3. The van der Waals surface area contributed by atoms with E-state index in [0.717, 1.165) is 15.5 Å². The molecule has 0 bridgehead atoms. The average molecular weight is 353 g/mol. The first-order valence-corrected chi connectivity index (χ1v) is 8.64. The molecule has 2 aromatic rings. The molecule has 0 radical (unpaired) electrons. The molecule has 1 N–H and O–H groups in total. The van der Waals surface area contributed by atoms with Crippen LogP contribution in [0.15, 0.2) is 68.7 Å². The molecule has 0 aliphatic heterocycles. The highest BCUT2D eigenvalue weighted by Gasteiger charge is 2.06. The molecule has 0 heterocycles. The zero-order valence-corrected chi connectivity index (χ0v) is 14.1. The van der Waals surface area contributed by atoms with Gasteiger partial charge in [0.05, 0.1) is 5.69 Å². The van der Waals surface area contributed by atoms with E-state index in [4.69, 9.17) is 4.55 Å². The summed E-state index contributed by atoms with van der Waals surface area (Å²) in [6.45, 7) is 0. The highest BCUT2D eigenvalue weighted by atomic mass is 32.3. The monoisotopic (exact) mass is 353 g/mol. The summed E-state index contributed by atoms with van der Waals surface area (Å²) in [5, 5.41) is 9.57. The predicted molar refractivity (Wildman–Crippen MR) is 87.4 cm³/mol. The largest absolute Gasteiger partial charge is 0.446 e. The molecule has 9 heteroatoms. The maximum Gasteiger partial charge on any atom is 0.446 e. The Labute approximate surface area is 138 Å². The molecular formula is C14H15N3O4S2. The maximum atomic E-state index is 10.6. The molecule has 2 rings (SSSR count). The van der Waals surface area contributed by atoms with Crippen LogP contribution < -0.4 is 4.18 Å². The molecular weight excluding hydrogens is 338 g/mol. The third-order valence-electron chi connectivity index (χ3n) is 2.44. The van der Waals surface area contributed by atoms with E-state index in [1.165, 1.54) is 23.9 Å². The number of hydrogen-bond donors (Lipinski definition) is 1. The Morgan fingerprint density at radius 1 is 1.00 bits per heavy atom. The Bertz CT molecular complexity index is 773. The van der Waals surface area contributed by atoms with Crippen molar-refractivity contribution in [2.75, 3.05) is 14.1 Å². The molecule has 0 amide bonds.